The summed E-state index contributed by atoms with van der Waals surface area (Å²) >= 11 is 0.669. The molecule has 106 valence electrons. The fourth-order valence-electron chi connectivity index (χ4n) is 2.18. The second-order valence-corrected chi connectivity index (χ2v) is 5.44. The number of hydrogen-bond donors (Lipinski definition) is 1. The Morgan fingerprint density at radius 3 is 2.95 bits per heavy atom. The first-order chi connectivity index (χ1) is 9.00. The van der Waals surface area contributed by atoms with Gasteiger partial charge in [0.15, 0.2) is 0 Å². The molecule has 2 unspecified atom stereocenters. The number of ether oxygens (including phenoxy) is 1. The standard InChI is InChI=1S/C13H16F3NOS/c1-2-4-10-11(5-3-6-17-10)18-9-7-12(19-8-9)13(14,15)16/h2,7-8,10-11,17H,1,3-6H2. The molecule has 0 amide bonds. The van der Waals surface area contributed by atoms with Gasteiger partial charge < -0.3 is 10.1 Å². The summed E-state index contributed by atoms with van der Waals surface area (Å²) in [5.41, 5.74) is 0. The van der Waals surface area contributed by atoms with E-state index in [1.807, 2.05) is 0 Å². The molecule has 0 aliphatic carbocycles. The van der Waals surface area contributed by atoms with Gasteiger partial charge in [0.25, 0.3) is 0 Å². The zero-order chi connectivity index (χ0) is 13.9. The molecule has 2 nitrogen and oxygen atoms in total. The van der Waals surface area contributed by atoms with Crippen molar-refractivity contribution in [1.29, 1.82) is 0 Å². The fraction of sp³-hybridized carbons (Fsp3) is 0.538. The SMILES string of the molecule is C=CCC1NCCCC1Oc1csc(C(F)(F)F)c1. The van der Waals surface area contributed by atoms with E-state index in [0.29, 0.717) is 17.1 Å². The molecule has 19 heavy (non-hydrogen) atoms. The van der Waals surface area contributed by atoms with Crippen LogP contribution in [0.4, 0.5) is 13.2 Å². The van der Waals surface area contributed by atoms with Crippen LogP contribution in [0.1, 0.15) is 24.1 Å². The number of alkyl halides is 3. The van der Waals surface area contributed by atoms with Crippen molar-refractivity contribution < 1.29 is 17.9 Å². The highest BCUT2D eigenvalue weighted by Crippen LogP contribution is 2.37. The van der Waals surface area contributed by atoms with Gasteiger partial charge >= 0.3 is 6.18 Å². The maximum Gasteiger partial charge on any atom is 0.425 e. The molecule has 0 saturated carbocycles. The van der Waals surface area contributed by atoms with Gasteiger partial charge in [0.05, 0.1) is 0 Å². The second-order valence-electron chi connectivity index (χ2n) is 4.53. The van der Waals surface area contributed by atoms with Crippen LogP contribution in [0.5, 0.6) is 5.75 Å². The first-order valence-corrected chi connectivity index (χ1v) is 7.05. The molecule has 1 fully saturated rings. The second kappa shape index (κ2) is 5.96. The Balaban J connectivity index is 2.02. The summed E-state index contributed by atoms with van der Waals surface area (Å²) in [6, 6.07) is 1.20. The van der Waals surface area contributed by atoms with Crippen LogP contribution in [0.25, 0.3) is 0 Å². The minimum absolute atomic E-state index is 0.0950. The van der Waals surface area contributed by atoms with Crippen molar-refractivity contribution in [3.63, 3.8) is 0 Å². The summed E-state index contributed by atoms with van der Waals surface area (Å²) in [7, 11) is 0. The molecule has 1 saturated heterocycles. The van der Waals surface area contributed by atoms with Gasteiger partial charge in [-0.25, -0.2) is 0 Å². The molecule has 1 aromatic rings. The molecule has 0 spiro atoms. The highest BCUT2D eigenvalue weighted by atomic mass is 32.1. The van der Waals surface area contributed by atoms with E-state index in [4.69, 9.17) is 4.74 Å². The van der Waals surface area contributed by atoms with Gasteiger partial charge in [-0.2, -0.15) is 13.2 Å². The molecule has 0 aromatic carbocycles. The molecular formula is C13H16F3NOS. The smallest absolute Gasteiger partial charge is 0.425 e. The van der Waals surface area contributed by atoms with E-state index in [0.717, 1.165) is 31.9 Å². The van der Waals surface area contributed by atoms with Gasteiger partial charge in [-0.3, -0.25) is 0 Å². The van der Waals surface area contributed by atoms with Crippen molar-refractivity contribution in [2.24, 2.45) is 0 Å². The zero-order valence-electron chi connectivity index (χ0n) is 10.4. The molecule has 2 heterocycles. The molecule has 2 atom stereocenters. The largest absolute Gasteiger partial charge is 0.488 e. The lowest BCUT2D eigenvalue weighted by atomic mass is 9.98. The lowest BCUT2D eigenvalue weighted by Gasteiger charge is -2.32. The lowest BCUT2D eigenvalue weighted by molar-refractivity contribution is -0.134. The number of nitrogens with one attached hydrogen (secondary N) is 1. The van der Waals surface area contributed by atoms with Crippen molar-refractivity contribution in [3.8, 4) is 5.75 Å². The lowest BCUT2D eigenvalue weighted by Crippen LogP contribution is -2.47. The summed E-state index contributed by atoms with van der Waals surface area (Å²) in [4.78, 5) is -0.619. The summed E-state index contributed by atoms with van der Waals surface area (Å²) in [6.45, 7) is 4.60. The van der Waals surface area contributed by atoms with Crippen LogP contribution in [0, 0.1) is 0 Å². The summed E-state index contributed by atoms with van der Waals surface area (Å²) in [5, 5.41) is 4.73. The molecule has 1 aliphatic rings. The molecule has 6 heteroatoms. The van der Waals surface area contributed by atoms with E-state index in [1.54, 1.807) is 6.08 Å². The van der Waals surface area contributed by atoms with E-state index >= 15 is 0 Å². The first-order valence-electron chi connectivity index (χ1n) is 6.17. The third-order valence-electron chi connectivity index (χ3n) is 3.08. The molecule has 1 aromatic heterocycles. The van der Waals surface area contributed by atoms with Crippen molar-refractivity contribution in [2.45, 2.75) is 37.6 Å². The summed E-state index contributed by atoms with van der Waals surface area (Å²) in [6.07, 6.45) is -0.0216. The number of halogens is 3. The van der Waals surface area contributed by atoms with Gasteiger partial charge in [0.2, 0.25) is 0 Å². The Hall–Kier alpha value is -1.01. The average molecular weight is 291 g/mol. The number of thiophene rings is 1. The quantitative estimate of drug-likeness (QED) is 0.851. The zero-order valence-corrected chi connectivity index (χ0v) is 11.2. The van der Waals surface area contributed by atoms with Gasteiger partial charge in [-0.15, -0.1) is 17.9 Å². The summed E-state index contributed by atoms with van der Waals surface area (Å²) < 4.78 is 43.2. The maximum atomic E-state index is 12.5. The van der Waals surface area contributed by atoms with E-state index in [9.17, 15) is 13.2 Å². The molecule has 0 radical (unpaired) electrons. The summed E-state index contributed by atoms with van der Waals surface area (Å²) in [5.74, 6) is 0.306. The Morgan fingerprint density at radius 1 is 1.53 bits per heavy atom. The molecule has 0 bridgehead atoms. The number of rotatable bonds is 4. The van der Waals surface area contributed by atoms with E-state index in [1.165, 1.54) is 5.38 Å². The van der Waals surface area contributed by atoms with Crippen molar-refractivity contribution in [1.82, 2.24) is 5.32 Å². The van der Waals surface area contributed by atoms with Crippen molar-refractivity contribution >= 4 is 11.3 Å². The highest BCUT2D eigenvalue weighted by Gasteiger charge is 2.33. The molecule has 1 N–H and O–H groups in total. The molecule has 1 aliphatic heterocycles. The van der Waals surface area contributed by atoms with Crippen LogP contribution in [0.3, 0.4) is 0 Å². The van der Waals surface area contributed by atoms with E-state index in [-0.39, 0.29) is 12.1 Å². The van der Waals surface area contributed by atoms with Crippen LogP contribution in [0.2, 0.25) is 0 Å². The molecular weight excluding hydrogens is 275 g/mol. The minimum Gasteiger partial charge on any atom is -0.488 e. The van der Waals surface area contributed by atoms with Gasteiger partial charge in [0.1, 0.15) is 16.7 Å². The highest BCUT2D eigenvalue weighted by molar-refractivity contribution is 7.10. The van der Waals surface area contributed by atoms with Gasteiger partial charge in [-0.1, -0.05) is 6.08 Å². The average Bonchev–Trinajstić information content (AvgIpc) is 2.80. The number of hydrogen-bond acceptors (Lipinski definition) is 3. The molecule has 2 rings (SSSR count). The number of piperidine rings is 1. The van der Waals surface area contributed by atoms with E-state index in [2.05, 4.69) is 11.9 Å². The Morgan fingerprint density at radius 2 is 2.32 bits per heavy atom. The Labute approximate surface area is 114 Å². The van der Waals surface area contributed by atoms with Crippen LogP contribution < -0.4 is 10.1 Å². The normalized spacial score (nSPS) is 24.2. The third kappa shape index (κ3) is 3.73. The van der Waals surface area contributed by atoms with Crippen molar-refractivity contribution in [3.05, 3.63) is 29.0 Å². The van der Waals surface area contributed by atoms with Crippen molar-refractivity contribution in [2.75, 3.05) is 6.54 Å². The van der Waals surface area contributed by atoms with Crippen LogP contribution in [0.15, 0.2) is 24.1 Å². The Kier molecular flexibility index (Phi) is 4.52. The minimum atomic E-state index is -4.29. The fourth-order valence-corrected chi connectivity index (χ4v) is 2.87. The maximum absolute atomic E-state index is 12.5. The van der Waals surface area contributed by atoms with Crippen LogP contribution >= 0.6 is 11.3 Å². The Bertz CT molecular complexity index is 430. The first kappa shape index (κ1) is 14.4. The monoisotopic (exact) mass is 291 g/mol. The van der Waals surface area contributed by atoms with Crippen LogP contribution in [-0.2, 0) is 6.18 Å². The predicted octanol–water partition coefficient (Wildman–Crippen LogP) is 3.84. The topological polar surface area (TPSA) is 21.3 Å². The van der Waals surface area contributed by atoms with E-state index < -0.39 is 11.1 Å². The predicted molar refractivity (Wildman–Crippen MR) is 69.6 cm³/mol. The van der Waals surface area contributed by atoms with Gasteiger partial charge in [0, 0.05) is 17.5 Å². The third-order valence-corrected chi connectivity index (χ3v) is 4.04. The van der Waals surface area contributed by atoms with Gasteiger partial charge in [-0.05, 0) is 25.8 Å². The van der Waals surface area contributed by atoms with Crippen LogP contribution in [-0.4, -0.2) is 18.7 Å².